The Morgan fingerprint density at radius 1 is 1.22 bits per heavy atom. The van der Waals surface area contributed by atoms with Gasteiger partial charge in [-0.1, -0.05) is 0 Å². The van der Waals surface area contributed by atoms with Gasteiger partial charge in [-0.25, -0.2) is 4.79 Å². The molecule has 0 aliphatic carbocycles. The quantitative estimate of drug-likeness (QED) is 0.594. The molecule has 1 unspecified atom stereocenters. The fourth-order valence-corrected chi connectivity index (χ4v) is 1.26. The predicted molar refractivity (Wildman–Crippen MR) is 65.0 cm³/mol. The average Bonchev–Trinajstić information content (AvgIpc) is 2.20. The summed E-state index contributed by atoms with van der Waals surface area (Å²) in [6.45, 7) is 6.74. The molecule has 0 saturated carbocycles. The number of esters is 1. The Morgan fingerprint density at radius 2 is 1.78 bits per heavy atom. The Balaban J connectivity index is 4.12. The number of carbonyl (C=O) groups excluding carboxylic acids is 3. The number of hydrogen-bond donors (Lipinski definition) is 1. The van der Waals surface area contributed by atoms with Crippen LogP contribution in [0, 0.1) is 5.92 Å². The van der Waals surface area contributed by atoms with Crippen LogP contribution in [-0.2, 0) is 19.1 Å². The van der Waals surface area contributed by atoms with Crippen LogP contribution in [0.5, 0.6) is 0 Å². The molecule has 0 spiro atoms. The van der Waals surface area contributed by atoms with Gasteiger partial charge in [0.1, 0.15) is 17.3 Å². The van der Waals surface area contributed by atoms with Crippen LogP contribution in [0.3, 0.4) is 0 Å². The standard InChI is InChI=1S/C12H21NO5/c1-8(14)9(10(15)17-5)6-7-13-11(16)18-12(2,3)4/h9H,6-7H2,1-5H3,(H,13,16). The fourth-order valence-electron chi connectivity index (χ4n) is 1.26. The topological polar surface area (TPSA) is 81.7 Å². The lowest BCUT2D eigenvalue weighted by Gasteiger charge is -2.20. The largest absolute Gasteiger partial charge is 0.468 e. The molecule has 6 nitrogen and oxygen atoms in total. The first-order chi connectivity index (χ1) is 8.17. The Labute approximate surface area is 107 Å². The third-order valence-corrected chi connectivity index (χ3v) is 2.08. The summed E-state index contributed by atoms with van der Waals surface area (Å²) >= 11 is 0. The normalized spacial score (nSPS) is 12.5. The lowest BCUT2D eigenvalue weighted by molar-refractivity contribution is -0.149. The van der Waals surface area contributed by atoms with Crippen LogP contribution in [0.25, 0.3) is 0 Å². The minimum absolute atomic E-state index is 0.175. The lowest BCUT2D eigenvalue weighted by atomic mass is 10.0. The van der Waals surface area contributed by atoms with Gasteiger partial charge in [0.25, 0.3) is 0 Å². The van der Waals surface area contributed by atoms with Gasteiger partial charge in [-0.15, -0.1) is 0 Å². The maximum Gasteiger partial charge on any atom is 0.407 e. The molecule has 0 aliphatic rings. The van der Waals surface area contributed by atoms with Crippen molar-refractivity contribution in [3.8, 4) is 0 Å². The summed E-state index contributed by atoms with van der Waals surface area (Å²) in [5.41, 5.74) is -0.577. The van der Waals surface area contributed by atoms with E-state index in [-0.39, 0.29) is 18.7 Å². The van der Waals surface area contributed by atoms with Crippen molar-refractivity contribution < 1.29 is 23.9 Å². The number of Topliss-reactive ketones (excluding diaryl/α,β-unsaturated/α-hetero) is 1. The molecule has 104 valence electrons. The molecule has 1 N–H and O–H groups in total. The minimum atomic E-state index is -0.843. The van der Waals surface area contributed by atoms with Crippen molar-refractivity contribution in [2.75, 3.05) is 13.7 Å². The van der Waals surface area contributed by atoms with Crippen molar-refractivity contribution in [2.24, 2.45) is 5.92 Å². The highest BCUT2D eigenvalue weighted by Gasteiger charge is 2.24. The van der Waals surface area contributed by atoms with E-state index in [0.29, 0.717) is 0 Å². The average molecular weight is 259 g/mol. The molecule has 0 saturated heterocycles. The number of ketones is 1. The highest BCUT2D eigenvalue weighted by atomic mass is 16.6. The SMILES string of the molecule is COC(=O)C(CCNC(=O)OC(C)(C)C)C(C)=O. The first-order valence-electron chi connectivity index (χ1n) is 5.72. The number of hydrogen-bond acceptors (Lipinski definition) is 5. The zero-order valence-corrected chi connectivity index (χ0v) is 11.5. The van der Waals surface area contributed by atoms with Gasteiger partial charge in [0.2, 0.25) is 0 Å². The number of alkyl carbamates (subject to hydrolysis) is 1. The maximum atomic E-state index is 11.3. The van der Waals surface area contributed by atoms with Crippen LogP contribution in [-0.4, -0.2) is 37.1 Å². The van der Waals surface area contributed by atoms with Gasteiger partial charge in [0, 0.05) is 6.54 Å². The van der Waals surface area contributed by atoms with Crippen LogP contribution in [0.2, 0.25) is 0 Å². The molecule has 0 fully saturated rings. The van der Waals surface area contributed by atoms with Crippen LogP contribution >= 0.6 is 0 Å². The van der Waals surface area contributed by atoms with Gasteiger partial charge in [0.15, 0.2) is 0 Å². The van der Waals surface area contributed by atoms with Crippen LogP contribution in [0.1, 0.15) is 34.1 Å². The number of nitrogens with one attached hydrogen (secondary N) is 1. The van der Waals surface area contributed by atoms with Gasteiger partial charge in [-0.2, -0.15) is 0 Å². The Bertz CT molecular complexity index is 319. The van der Waals surface area contributed by atoms with Gasteiger partial charge in [-0.05, 0) is 34.1 Å². The second-order valence-electron chi connectivity index (χ2n) is 4.90. The molecule has 0 aromatic rings. The fraction of sp³-hybridized carbons (Fsp3) is 0.750. The van der Waals surface area contributed by atoms with Crippen molar-refractivity contribution >= 4 is 17.8 Å². The summed E-state index contributed by atoms with van der Waals surface area (Å²) in [7, 11) is 1.22. The van der Waals surface area contributed by atoms with Gasteiger partial charge >= 0.3 is 12.1 Å². The van der Waals surface area contributed by atoms with E-state index in [1.807, 2.05) is 0 Å². The van der Waals surface area contributed by atoms with E-state index in [1.54, 1.807) is 20.8 Å². The summed E-state index contributed by atoms with van der Waals surface area (Å²) in [6.07, 6.45) is -0.379. The zero-order valence-electron chi connectivity index (χ0n) is 11.5. The second-order valence-corrected chi connectivity index (χ2v) is 4.90. The summed E-state index contributed by atoms with van der Waals surface area (Å²) in [5.74, 6) is -1.72. The summed E-state index contributed by atoms with van der Waals surface area (Å²) in [6, 6.07) is 0. The van der Waals surface area contributed by atoms with E-state index in [9.17, 15) is 14.4 Å². The molecule has 0 rings (SSSR count). The number of rotatable bonds is 5. The number of ether oxygens (including phenoxy) is 2. The van der Waals surface area contributed by atoms with Crippen LogP contribution in [0.4, 0.5) is 4.79 Å². The smallest absolute Gasteiger partial charge is 0.407 e. The third kappa shape index (κ3) is 6.88. The van der Waals surface area contributed by atoms with E-state index >= 15 is 0 Å². The molecule has 0 bridgehead atoms. The monoisotopic (exact) mass is 259 g/mol. The van der Waals surface area contributed by atoms with E-state index in [4.69, 9.17) is 4.74 Å². The lowest BCUT2D eigenvalue weighted by Crippen LogP contribution is -2.35. The van der Waals surface area contributed by atoms with Gasteiger partial charge in [-0.3, -0.25) is 9.59 Å². The first kappa shape index (κ1) is 16.4. The molecule has 0 aromatic heterocycles. The Morgan fingerprint density at radius 3 is 2.17 bits per heavy atom. The van der Waals surface area contributed by atoms with Crippen molar-refractivity contribution in [3.05, 3.63) is 0 Å². The van der Waals surface area contributed by atoms with E-state index in [0.717, 1.165) is 0 Å². The Hall–Kier alpha value is -1.59. The van der Waals surface area contributed by atoms with Crippen molar-refractivity contribution in [1.82, 2.24) is 5.32 Å². The molecule has 18 heavy (non-hydrogen) atoms. The molecule has 1 amide bonds. The minimum Gasteiger partial charge on any atom is -0.468 e. The van der Waals surface area contributed by atoms with E-state index < -0.39 is 23.6 Å². The molecule has 6 heteroatoms. The highest BCUT2D eigenvalue weighted by molar-refractivity contribution is 5.97. The molecule has 1 atom stereocenters. The van der Waals surface area contributed by atoms with Crippen molar-refractivity contribution in [1.29, 1.82) is 0 Å². The third-order valence-electron chi connectivity index (χ3n) is 2.08. The summed E-state index contributed by atoms with van der Waals surface area (Å²) < 4.78 is 9.52. The molecule has 0 aromatic carbocycles. The molecule has 0 radical (unpaired) electrons. The number of methoxy groups -OCH3 is 1. The zero-order chi connectivity index (χ0) is 14.3. The maximum absolute atomic E-state index is 11.3. The summed E-state index contributed by atoms with van der Waals surface area (Å²) in [4.78, 5) is 33.8. The highest BCUT2D eigenvalue weighted by Crippen LogP contribution is 2.08. The van der Waals surface area contributed by atoms with Crippen LogP contribution < -0.4 is 5.32 Å². The molecule has 0 heterocycles. The number of carbonyl (C=O) groups is 3. The first-order valence-corrected chi connectivity index (χ1v) is 5.72. The molecule has 0 aliphatic heterocycles. The molecular weight excluding hydrogens is 238 g/mol. The predicted octanol–water partition coefficient (Wildman–Crippen LogP) is 1.28. The van der Waals surface area contributed by atoms with Crippen molar-refractivity contribution in [3.63, 3.8) is 0 Å². The van der Waals surface area contributed by atoms with E-state index in [2.05, 4.69) is 10.1 Å². The second kappa shape index (κ2) is 6.98. The van der Waals surface area contributed by atoms with Crippen molar-refractivity contribution in [2.45, 2.75) is 39.7 Å². The molecular formula is C12H21NO5. The summed E-state index contributed by atoms with van der Waals surface area (Å²) in [5, 5.41) is 2.48. The van der Waals surface area contributed by atoms with Crippen LogP contribution in [0.15, 0.2) is 0 Å². The number of amides is 1. The van der Waals surface area contributed by atoms with Gasteiger partial charge in [0.05, 0.1) is 7.11 Å². The van der Waals surface area contributed by atoms with E-state index in [1.165, 1.54) is 14.0 Å². The van der Waals surface area contributed by atoms with Gasteiger partial charge < -0.3 is 14.8 Å². The Kier molecular flexibility index (Phi) is 6.36.